The highest BCUT2D eigenvalue weighted by molar-refractivity contribution is 7.18. The number of carbonyl (C=O) groups is 3. The van der Waals surface area contributed by atoms with Crippen LogP contribution in [0.3, 0.4) is 0 Å². The molecule has 2 aromatic rings. The lowest BCUT2D eigenvalue weighted by Crippen LogP contribution is -2.17. The van der Waals surface area contributed by atoms with E-state index < -0.39 is 24.5 Å². The van der Waals surface area contributed by atoms with Crippen LogP contribution in [0.15, 0.2) is 24.3 Å². The van der Waals surface area contributed by atoms with E-state index in [4.69, 9.17) is 24.7 Å². The number of nitrogen functional groups attached to an aromatic ring is 1. The van der Waals surface area contributed by atoms with E-state index in [2.05, 4.69) is 4.74 Å². The van der Waals surface area contributed by atoms with Crippen molar-refractivity contribution in [1.82, 2.24) is 0 Å². The molecule has 0 saturated carbocycles. The number of methoxy groups -OCH3 is 2. The highest BCUT2D eigenvalue weighted by Gasteiger charge is 2.28. The summed E-state index contributed by atoms with van der Waals surface area (Å²) in [5.41, 5.74) is 5.91. The Morgan fingerprint density at radius 2 is 1.62 bits per heavy atom. The van der Waals surface area contributed by atoms with E-state index in [1.165, 1.54) is 14.2 Å². The molecule has 1 heterocycles. The predicted octanol–water partition coefficient (Wildman–Crippen LogP) is 2.42. The van der Waals surface area contributed by atoms with E-state index in [9.17, 15) is 14.4 Å². The summed E-state index contributed by atoms with van der Waals surface area (Å²) >= 11 is 0.850. The first kappa shape index (κ1) is 22.0. The van der Waals surface area contributed by atoms with Crippen molar-refractivity contribution in [3.63, 3.8) is 0 Å². The van der Waals surface area contributed by atoms with Crippen LogP contribution in [0.4, 0.5) is 5.00 Å². The fourth-order valence-electron chi connectivity index (χ4n) is 2.38. The molecular formula is C19H21NO8S. The van der Waals surface area contributed by atoms with Gasteiger partial charge in [-0.15, -0.1) is 11.3 Å². The van der Waals surface area contributed by atoms with Crippen molar-refractivity contribution < 1.29 is 38.1 Å². The summed E-state index contributed by atoms with van der Waals surface area (Å²) in [6.07, 6.45) is 0. The third-order valence-corrected chi connectivity index (χ3v) is 4.71. The summed E-state index contributed by atoms with van der Waals surface area (Å²) in [7, 11) is 2.37. The van der Waals surface area contributed by atoms with Crippen LogP contribution in [-0.2, 0) is 25.6 Å². The van der Waals surface area contributed by atoms with Gasteiger partial charge in [-0.2, -0.15) is 0 Å². The number of hydrogen-bond acceptors (Lipinski definition) is 10. The zero-order valence-electron chi connectivity index (χ0n) is 16.2. The van der Waals surface area contributed by atoms with Gasteiger partial charge in [-0.25, -0.2) is 14.4 Å². The van der Waals surface area contributed by atoms with Crippen LogP contribution in [0.5, 0.6) is 11.5 Å². The summed E-state index contributed by atoms with van der Waals surface area (Å²) in [6.45, 7) is 1.50. The van der Waals surface area contributed by atoms with Gasteiger partial charge in [-0.1, -0.05) is 12.1 Å². The van der Waals surface area contributed by atoms with E-state index in [1.54, 1.807) is 24.3 Å². The lowest BCUT2D eigenvalue weighted by atomic mass is 10.1. The Hall–Kier alpha value is -3.27. The summed E-state index contributed by atoms with van der Waals surface area (Å²) in [4.78, 5) is 36.1. The number of rotatable bonds is 9. The number of para-hydroxylation sites is 2. The zero-order chi connectivity index (χ0) is 21.4. The predicted molar refractivity (Wildman–Crippen MR) is 104 cm³/mol. The molecule has 0 spiro atoms. The van der Waals surface area contributed by atoms with Crippen molar-refractivity contribution in [2.75, 3.05) is 33.2 Å². The second-order valence-corrected chi connectivity index (χ2v) is 6.51. The molecule has 0 atom stereocenters. The molecule has 10 heteroatoms. The van der Waals surface area contributed by atoms with Gasteiger partial charge >= 0.3 is 17.9 Å². The quantitative estimate of drug-likeness (QED) is 0.478. The Balaban J connectivity index is 2.10. The zero-order valence-corrected chi connectivity index (χ0v) is 17.0. The molecular weight excluding hydrogens is 402 g/mol. The molecule has 0 aliphatic heterocycles. The van der Waals surface area contributed by atoms with E-state index in [0.29, 0.717) is 18.1 Å². The minimum Gasteiger partial charge on any atom is -0.490 e. The molecule has 9 nitrogen and oxygen atoms in total. The molecule has 29 heavy (non-hydrogen) atoms. The van der Waals surface area contributed by atoms with Crippen molar-refractivity contribution in [2.24, 2.45) is 0 Å². The van der Waals surface area contributed by atoms with Gasteiger partial charge in [0.05, 0.1) is 20.8 Å². The molecule has 0 fully saturated rings. The lowest BCUT2D eigenvalue weighted by molar-refractivity contribution is -0.147. The van der Waals surface area contributed by atoms with Gasteiger partial charge in [0.2, 0.25) is 0 Å². The van der Waals surface area contributed by atoms with Gasteiger partial charge in [0.25, 0.3) is 0 Å². The summed E-state index contributed by atoms with van der Waals surface area (Å²) in [5, 5.41) is 0.0604. The summed E-state index contributed by atoms with van der Waals surface area (Å²) in [5.74, 6) is -1.29. The van der Waals surface area contributed by atoms with Crippen LogP contribution in [0.1, 0.15) is 32.5 Å². The number of thiophene rings is 1. The van der Waals surface area contributed by atoms with E-state index in [0.717, 1.165) is 11.3 Å². The van der Waals surface area contributed by atoms with E-state index in [1.807, 2.05) is 6.92 Å². The number of benzene rings is 1. The van der Waals surface area contributed by atoms with Gasteiger partial charge in [0.15, 0.2) is 18.1 Å². The highest BCUT2D eigenvalue weighted by atomic mass is 32.1. The summed E-state index contributed by atoms with van der Waals surface area (Å²) < 4.78 is 25.4. The fraction of sp³-hybridized carbons (Fsp3) is 0.316. The van der Waals surface area contributed by atoms with E-state index >= 15 is 0 Å². The van der Waals surface area contributed by atoms with Crippen molar-refractivity contribution in [2.45, 2.75) is 13.5 Å². The van der Waals surface area contributed by atoms with Crippen LogP contribution in [0.2, 0.25) is 0 Å². The van der Waals surface area contributed by atoms with Crippen LogP contribution >= 0.6 is 11.3 Å². The van der Waals surface area contributed by atoms with Crippen LogP contribution < -0.4 is 15.2 Å². The van der Waals surface area contributed by atoms with Crippen LogP contribution in [-0.4, -0.2) is 45.3 Å². The van der Waals surface area contributed by atoms with Crippen molar-refractivity contribution in [1.29, 1.82) is 0 Å². The molecule has 0 saturated heterocycles. The van der Waals surface area contributed by atoms with Gasteiger partial charge < -0.3 is 29.4 Å². The van der Waals surface area contributed by atoms with Gasteiger partial charge in [-0.05, 0) is 19.1 Å². The van der Waals surface area contributed by atoms with Crippen molar-refractivity contribution in [3.8, 4) is 11.5 Å². The monoisotopic (exact) mass is 423 g/mol. The van der Waals surface area contributed by atoms with Crippen molar-refractivity contribution >= 4 is 34.2 Å². The molecule has 1 aromatic carbocycles. The maximum absolute atomic E-state index is 12.1. The van der Waals surface area contributed by atoms with Crippen molar-refractivity contribution in [3.05, 3.63) is 40.3 Å². The second-order valence-electron chi connectivity index (χ2n) is 5.46. The molecule has 2 rings (SSSR count). The number of ether oxygens (including phenoxy) is 5. The van der Waals surface area contributed by atoms with Crippen LogP contribution in [0.25, 0.3) is 0 Å². The highest BCUT2D eigenvalue weighted by Crippen LogP contribution is 2.33. The standard InChI is InChI=1S/C19H21NO8S/c1-4-26-12-7-5-6-8-13(12)27-10-14(21)28-9-11-15(18(22)24-2)17(20)29-16(11)19(23)25-3/h5-8H,4,9-10,20H2,1-3H3. The molecule has 0 aliphatic carbocycles. The third kappa shape index (κ3) is 5.38. The number of hydrogen-bond donors (Lipinski definition) is 1. The van der Waals surface area contributed by atoms with Gasteiger partial charge in [0, 0.05) is 5.56 Å². The number of nitrogens with two attached hydrogens (primary N) is 1. The third-order valence-electron chi connectivity index (χ3n) is 3.67. The van der Waals surface area contributed by atoms with Crippen LogP contribution in [0, 0.1) is 0 Å². The molecule has 0 amide bonds. The molecule has 2 N–H and O–H groups in total. The summed E-state index contributed by atoms with van der Waals surface area (Å²) in [6, 6.07) is 6.88. The lowest BCUT2D eigenvalue weighted by Gasteiger charge is -2.12. The number of esters is 3. The minimum absolute atomic E-state index is 0.0340. The van der Waals surface area contributed by atoms with E-state index in [-0.39, 0.29) is 27.6 Å². The Labute approximate surface area is 171 Å². The molecule has 0 aliphatic rings. The topological polar surface area (TPSA) is 123 Å². The second kappa shape index (κ2) is 10.3. The molecule has 1 aromatic heterocycles. The largest absolute Gasteiger partial charge is 0.490 e. The Morgan fingerprint density at radius 1 is 1.00 bits per heavy atom. The maximum atomic E-state index is 12.1. The minimum atomic E-state index is -0.748. The number of anilines is 1. The smallest absolute Gasteiger partial charge is 0.348 e. The molecule has 0 radical (unpaired) electrons. The Bertz CT molecular complexity index is 892. The molecule has 0 unspecified atom stereocenters. The fourth-order valence-corrected chi connectivity index (χ4v) is 3.36. The van der Waals surface area contributed by atoms with Gasteiger partial charge in [-0.3, -0.25) is 0 Å². The first-order chi connectivity index (χ1) is 13.9. The number of carbonyl (C=O) groups excluding carboxylic acids is 3. The molecule has 156 valence electrons. The van der Waals surface area contributed by atoms with Gasteiger partial charge in [0.1, 0.15) is 22.0 Å². The normalized spacial score (nSPS) is 10.2. The average Bonchev–Trinajstić information content (AvgIpc) is 3.06. The Morgan fingerprint density at radius 3 is 2.21 bits per heavy atom. The first-order valence-corrected chi connectivity index (χ1v) is 9.32. The average molecular weight is 423 g/mol. The molecule has 0 bridgehead atoms. The first-order valence-electron chi connectivity index (χ1n) is 8.50. The Kier molecular flexibility index (Phi) is 7.84. The SMILES string of the molecule is CCOc1ccccc1OCC(=O)OCc1c(C(=O)OC)sc(N)c1C(=O)OC. The maximum Gasteiger partial charge on any atom is 0.348 e.